The number of aromatic nitrogens is 1. The van der Waals surface area contributed by atoms with Gasteiger partial charge in [-0.2, -0.15) is 0 Å². The molecule has 6 heteroatoms. The minimum absolute atomic E-state index is 0.331. The Morgan fingerprint density at radius 3 is 2.63 bits per heavy atom. The average Bonchev–Trinajstić information content (AvgIpc) is 2.38. The van der Waals surface area contributed by atoms with Crippen LogP contribution in [0.1, 0.15) is 36.3 Å². The highest BCUT2D eigenvalue weighted by molar-refractivity contribution is 5.97. The molecule has 0 aliphatic rings. The predicted molar refractivity (Wildman–Crippen MR) is 73.9 cm³/mol. The number of anilines is 1. The molecule has 1 atom stereocenters. The summed E-state index contributed by atoms with van der Waals surface area (Å²) in [6, 6.07) is 2.67. The summed E-state index contributed by atoms with van der Waals surface area (Å²) in [7, 11) is 1.74. The van der Waals surface area contributed by atoms with Gasteiger partial charge >= 0.3 is 0 Å². The molecule has 0 aromatic carbocycles. The van der Waals surface area contributed by atoms with E-state index in [4.69, 9.17) is 5.73 Å². The van der Waals surface area contributed by atoms with Crippen LogP contribution in [0.15, 0.2) is 12.1 Å². The largest absolute Gasteiger partial charge is 0.373 e. The van der Waals surface area contributed by atoms with Crippen molar-refractivity contribution in [3.8, 4) is 0 Å². The van der Waals surface area contributed by atoms with Crippen molar-refractivity contribution in [1.82, 2.24) is 10.3 Å². The third-order valence-electron chi connectivity index (χ3n) is 2.68. The average molecular weight is 264 g/mol. The molecule has 1 rings (SSSR count). The van der Waals surface area contributed by atoms with E-state index in [0.29, 0.717) is 11.4 Å². The van der Waals surface area contributed by atoms with Gasteiger partial charge in [0.15, 0.2) is 0 Å². The van der Waals surface area contributed by atoms with E-state index in [1.54, 1.807) is 26.1 Å². The molecule has 4 N–H and O–H groups in total. The molecule has 0 radical (unpaired) electrons. The number of nitrogens with zero attached hydrogens (tertiary/aromatic N) is 1. The third-order valence-corrected chi connectivity index (χ3v) is 2.68. The normalized spacial score (nSPS) is 11.7. The number of amides is 2. The Labute approximate surface area is 112 Å². The van der Waals surface area contributed by atoms with Crippen LogP contribution in [-0.4, -0.2) is 29.9 Å². The lowest BCUT2D eigenvalue weighted by molar-refractivity contribution is -0.119. The van der Waals surface area contributed by atoms with Crippen molar-refractivity contribution >= 4 is 17.6 Å². The van der Waals surface area contributed by atoms with E-state index in [1.165, 1.54) is 0 Å². The van der Waals surface area contributed by atoms with E-state index in [0.717, 1.165) is 18.5 Å². The van der Waals surface area contributed by atoms with Crippen LogP contribution in [0, 0.1) is 0 Å². The van der Waals surface area contributed by atoms with Crippen molar-refractivity contribution in [2.45, 2.75) is 32.7 Å². The molecule has 0 spiro atoms. The zero-order chi connectivity index (χ0) is 14.4. The van der Waals surface area contributed by atoms with E-state index in [1.807, 2.05) is 6.92 Å². The molecule has 0 aliphatic carbocycles. The van der Waals surface area contributed by atoms with Gasteiger partial charge in [0.2, 0.25) is 5.91 Å². The second-order valence-corrected chi connectivity index (χ2v) is 4.33. The number of pyridine rings is 1. The van der Waals surface area contributed by atoms with Crippen molar-refractivity contribution in [2.24, 2.45) is 5.73 Å². The first-order valence-corrected chi connectivity index (χ1v) is 6.26. The van der Waals surface area contributed by atoms with E-state index in [-0.39, 0.29) is 5.91 Å². The first kappa shape index (κ1) is 14.9. The van der Waals surface area contributed by atoms with E-state index in [9.17, 15) is 9.59 Å². The maximum Gasteiger partial charge on any atom is 0.252 e. The Morgan fingerprint density at radius 2 is 2.11 bits per heavy atom. The van der Waals surface area contributed by atoms with Crippen molar-refractivity contribution < 1.29 is 9.59 Å². The van der Waals surface area contributed by atoms with E-state index in [2.05, 4.69) is 15.6 Å². The third kappa shape index (κ3) is 4.24. The molecule has 0 bridgehead atoms. The molecule has 0 saturated heterocycles. The van der Waals surface area contributed by atoms with Crippen LogP contribution in [0.2, 0.25) is 0 Å². The summed E-state index contributed by atoms with van der Waals surface area (Å²) in [5.74, 6) is -0.268. The van der Waals surface area contributed by atoms with Gasteiger partial charge in [-0.1, -0.05) is 13.3 Å². The Hall–Kier alpha value is -2.11. The minimum Gasteiger partial charge on any atom is -0.373 e. The molecule has 2 amide bonds. The van der Waals surface area contributed by atoms with Crippen LogP contribution < -0.4 is 16.4 Å². The van der Waals surface area contributed by atoms with Gasteiger partial charge in [-0.25, -0.2) is 4.98 Å². The fraction of sp³-hybridized carbons (Fsp3) is 0.462. The first-order chi connectivity index (χ1) is 8.97. The smallest absolute Gasteiger partial charge is 0.252 e. The Morgan fingerprint density at radius 1 is 1.42 bits per heavy atom. The van der Waals surface area contributed by atoms with Crippen LogP contribution in [0.3, 0.4) is 0 Å². The maximum atomic E-state index is 12.0. The molecule has 1 heterocycles. The van der Waals surface area contributed by atoms with Gasteiger partial charge < -0.3 is 16.4 Å². The quantitative estimate of drug-likeness (QED) is 0.703. The number of rotatable bonds is 6. The zero-order valence-corrected chi connectivity index (χ0v) is 11.5. The van der Waals surface area contributed by atoms with Gasteiger partial charge in [-0.05, 0) is 25.5 Å². The number of aryl methyl sites for hydroxylation is 1. The molecule has 0 fully saturated rings. The van der Waals surface area contributed by atoms with Crippen molar-refractivity contribution in [3.05, 3.63) is 23.4 Å². The highest BCUT2D eigenvalue weighted by atomic mass is 16.2. The fourth-order valence-corrected chi connectivity index (χ4v) is 1.58. The maximum absolute atomic E-state index is 12.0. The van der Waals surface area contributed by atoms with Crippen LogP contribution in [-0.2, 0) is 11.2 Å². The number of nitrogens with two attached hydrogens (primary N) is 1. The highest BCUT2D eigenvalue weighted by Gasteiger charge is 2.15. The summed E-state index contributed by atoms with van der Waals surface area (Å²) >= 11 is 0. The Kier molecular flexibility index (Phi) is 5.29. The van der Waals surface area contributed by atoms with Gasteiger partial charge in [0.1, 0.15) is 11.9 Å². The standard InChI is InChI=1S/C13H20N4O2/c1-4-5-10-6-9(7-11(15-3)17-10)13(19)16-8(2)12(14)18/h6-8H,4-5H2,1-3H3,(H2,14,18)(H,15,17)(H,16,19). The predicted octanol–water partition coefficient (Wildman–Crippen LogP) is 0.679. The monoisotopic (exact) mass is 264 g/mol. The summed E-state index contributed by atoms with van der Waals surface area (Å²) in [4.78, 5) is 27.3. The number of carbonyl (C=O) groups is 2. The SMILES string of the molecule is CCCc1cc(C(=O)NC(C)C(N)=O)cc(NC)n1. The molecule has 0 aliphatic heterocycles. The molecule has 1 aromatic heterocycles. The lowest BCUT2D eigenvalue weighted by atomic mass is 10.1. The molecule has 19 heavy (non-hydrogen) atoms. The number of hydrogen-bond donors (Lipinski definition) is 3. The lowest BCUT2D eigenvalue weighted by Crippen LogP contribution is -2.42. The van der Waals surface area contributed by atoms with Gasteiger partial charge in [0.05, 0.1) is 0 Å². The lowest BCUT2D eigenvalue weighted by Gasteiger charge is -2.12. The van der Waals surface area contributed by atoms with Crippen molar-refractivity contribution in [1.29, 1.82) is 0 Å². The molecular formula is C13H20N4O2. The molecule has 1 aromatic rings. The first-order valence-electron chi connectivity index (χ1n) is 6.26. The van der Waals surface area contributed by atoms with Gasteiger partial charge in [0.25, 0.3) is 5.91 Å². The number of primary amides is 1. The molecule has 1 unspecified atom stereocenters. The fourth-order valence-electron chi connectivity index (χ4n) is 1.58. The van der Waals surface area contributed by atoms with Gasteiger partial charge in [-0.3, -0.25) is 9.59 Å². The zero-order valence-electron chi connectivity index (χ0n) is 11.5. The Balaban J connectivity index is 2.95. The summed E-state index contributed by atoms with van der Waals surface area (Å²) in [5, 5.41) is 5.46. The van der Waals surface area contributed by atoms with Crippen LogP contribution in [0.4, 0.5) is 5.82 Å². The number of hydrogen-bond acceptors (Lipinski definition) is 4. The highest BCUT2D eigenvalue weighted by Crippen LogP contribution is 2.12. The topological polar surface area (TPSA) is 97.1 Å². The molecule has 104 valence electrons. The summed E-state index contributed by atoms with van der Waals surface area (Å²) < 4.78 is 0. The summed E-state index contributed by atoms with van der Waals surface area (Å²) in [6.07, 6.45) is 1.74. The van der Waals surface area contributed by atoms with Crippen molar-refractivity contribution in [2.75, 3.05) is 12.4 Å². The van der Waals surface area contributed by atoms with Gasteiger partial charge in [0, 0.05) is 18.3 Å². The number of nitrogens with one attached hydrogen (secondary N) is 2. The van der Waals surface area contributed by atoms with E-state index < -0.39 is 11.9 Å². The van der Waals surface area contributed by atoms with Crippen LogP contribution in [0.25, 0.3) is 0 Å². The molecule has 0 saturated carbocycles. The second kappa shape index (κ2) is 6.72. The van der Waals surface area contributed by atoms with Crippen LogP contribution >= 0.6 is 0 Å². The van der Waals surface area contributed by atoms with Crippen LogP contribution in [0.5, 0.6) is 0 Å². The minimum atomic E-state index is -0.701. The summed E-state index contributed by atoms with van der Waals surface area (Å²) in [5.41, 5.74) is 6.43. The van der Waals surface area contributed by atoms with Crippen molar-refractivity contribution in [3.63, 3.8) is 0 Å². The number of carbonyl (C=O) groups excluding carboxylic acids is 2. The summed E-state index contributed by atoms with van der Waals surface area (Å²) in [6.45, 7) is 3.59. The van der Waals surface area contributed by atoms with E-state index >= 15 is 0 Å². The Bertz CT molecular complexity index is 474. The second-order valence-electron chi connectivity index (χ2n) is 4.33. The molecular weight excluding hydrogens is 244 g/mol. The molecule has 6 nitrogen and oxygen atoms in total. The van der Waals surface area contributed by atoms with Gasteiger partial charge in [-0.15, -0.1) is 0 Å².